The first-order chi connectivity index (χ1) is 7.35. The van der Waals surface area contributed by atoms with Crippen LogP contribution in [0.4, 0.5) is 0 Å². The fraction of sp³-hybridized carbons (Fsp3) is 0.167. The molecule has 76 valence electrons. The number of nitrogens with zero attached hydrogens (tertiary/aromatic N) is 1. The van der Waals surface area contributed by atoms with Gasteiger partial charge in [0.1, 0.15) is 10.7 Å². The van der Waals surface area contributed by atoms with Gasteiger partial charge in [0, 0.05) is 10.4 Å². The summed E-state index contributed by atoms with van der Waals surface area (Å²) in [5.41, 5.74) is 1.66. The van der Waals surface area contributed by atoms with Crippen LogP contribution < -0.4 is 0 Å². The van der Waals surface area contributed by atoms with Gasteiger partial charge in [0.15, 0.2) is 6.29 Å². The van der Waals surface area contributed by atoms with Gasteiger partial charge in [-0.25, -0.2) is 4.98 Å². The third-order valence-electron chi connectivity index (χ3n) is 2.18. The SMILES string of the molecule is CCc1sc(-c2ccccc2)nc1C=O. The van der Waals surface area contributed by atoms with Crippen LogP contribution in [-0.2, 0) is 6.42 Å². The normalized spacial score (nSPS) is 10.2. The second-order valence-electron chi connectivity index (χ2n) is 3.16. The van der Waals surface area contributed by atoms with Gasteiger partial charge in [-0.3, -0.25) is 4.79 Å². The third-order valence-corrected chi connectivity index (χ3v) is 3.45. The predicted octanol–water partition coefficient (Wildman–Crippen LogP) is 3.19. The van der Waals surface area contributed by atoms with Gasteiger partial charge in [-0.05, 0) is 6.42 Å². The Kier molecular flexibility index (Phi) is 2.92. The van der Waals surface area contributed by atoms with E-state index in [0.29, 0.717) is 5.69 Å². The molecule has 0 bridgehead atoms. The topological polar surface area (TPSA) is 30.0 Å². The minimum Gasteiger partial charge on any atom is -0.296 e. The van der Waals surface area contributed by atoms with Crippen molar-refractivity contribution in [3.05, 3.63) is 40.9 Å². The molecule has 2 rings (SSSR count). The Labute approximate surface area is 92.6 Å². The second-order valence-corrected chi connectivity index (χ2v) is 4.25. The summed E-state index contributed by atoms with van der Waals surface area (Å²) in [6.45, 7) is 2.04. The van der Waals surface area contributed by atoms with Crippen molar-refractivity contribution in [3.63, 3.8) is 0 Å². The summed E-state index contributed by atoms with van der Waals surface area (Å²) < 4.78 is 0. The molecule has 3 heteroatoms. The van der Waals surface area contributed by atoms with Crippen LogP contribution in [0, 0.1) is 0 Å². The molecule has 15 heavy (non-hydrogen) atoms. The van der Waals surface area contributed by atoms with Crippen LogP contribution in [0.2, 0.25) is 0 Å². The smallest absolute Gasteiger partial charge is 0.169 e. The zero-order chi connectivity index (χ0) is 10.7. The van der Waals surface area contributed by atoms with E-state index in [4.69, 9.17) is 0 Å². The number of aldehydes is 1. The Morgan fingerprint density at radius 1 is 1.33 bits per heavy atom. The van der Waals surface area contributed by atoms with Gasteiger partial charge in [-0.15, -0.1) is 11.3 Å². The Morgan fingerprint density at radius 3 is 2.60 bits per heavy atom. The van der Waals surface area contributed by atoms with Crippen molar-refractivity contribution >= 4 is 17.6 Å². The average molecular weight is 217 g/mol. The van der Waals surface area contributed by atoms with Crippen LogP contribution in [0.25, 0.3) is 10.6 Å². The lowest BCUT2D eigenvalue weighted by Crippen LogP contribution is -1.85. The maximum absolute atomic E-state index is 10.8. The van der Waals surface area contributed by atoms with E-state index < -0.39 is 0 Å². The number of rotatable bonds is 3. The first-order valence-electron chi connectivity index (χ1n) is 4.85. The molecule has 2 aromatic rings. The molecular formula is C12H11NOS. The molecule has 1 aromatic carbocycles. The summed E-state index contributed by atoms with van der Waals surface area (Å²) in [5.74, 6) is 0. The summed E-state index contributed by atoms with van der Waals surface area (Å²) in [7, 11) is 0. The molecule has 0 aliphatic rings. The summed E-state index contributed by atoms with van der Waals surface area (Å²) >= 11 is 1.59. The molecule has 0 amide bonds. The van der Waals surface area contributed by atoms with Crippen molar-refractivity contribution in [2.24, 2.45) is 0 Å². The second kappa shape index (κ2) is 4.36. The van der Waals surface area contributed by atoms with Gasteiger partial charge in [0.05, 0.1) is 0 Å². The zero-order valence-corrected chi connectivity index (χ0v) is 9.25. The largest absolute Gasteiger partial charge is 0.296 e. The highest BCUT2D eigenvalue weighted by Gasteiger charge is 2.09. The van der Waals surface area contributed by atoms with E-state index in [0.717, 1.165) is 28.2 Å². The molecule has 0 unspecified atom stereocenters. The van der Waals surface area contributed by atoms with Crippen molar-refractivity contribution < 1.29 is 4.79 Å². The number of hydrogen-bond donors (Lipinski definition) is 0. The van der Waals surface area contributed by atoms with Crippen molar-refractivity contribution in [1.82, 2.24) is 4.98 Å². The Hall–Kier alpha value is -1.48. The van der Waals surface area contributed by atoms with Crippen molar-refractivity contribution in [2.75, 3.05) is 0 Å². The molecule has 0 saturated heterocycles. The molecule has 2 nitrogen and oxygen atoms in total. The molecule has 1 aromatic heterocycles. The highest BCUT2D eigenvalue weighted by molar-refractivity contribution is 7.15. The van der Waals surface area contributed by atoms with E-state index >= 15 is 0 Å². The van der Waals surface area contributed by atoms with E-state index in [2.05, 4.69) is 4.98 Å². The maximum atomic E-state index is 10.8. The number of hydrogen-bond acceptors (Lipinski definition) is 3. The predicted molar refractivity (Wildman–Crippen MR) is 62.3 cm³/mol. The lowest BCUT2D eigenvalue weighted by molar-refractivity contribution is 0.111. The fourth-order valence-electron chi connectivity index (χ4n) is 1.41. The van der Waals surface area contributed by atoms with Crippen molar-refractivity contribution in [3.8, 4) is 10.6 Å². The number of aryl methyl sites for hydroxylation is 1. The van der Waals surface area contributed by atoms with Crippen LogP contribution in [0.3, 0.4) is 0 Å². The highest BCUT2D eigenvalue weighted by atomic mass is 32.1. The first kappa shape index (κ1) is 10.1. The number of benzene rings is 1. The first-order valence-corrected chi connectivity index (χ1v) is 5.67. The molecule has 1 heterocycles. The van der Waals surface area contributed by atoms with Crippen molar-refractivity contribution in [2.45, 2.75) is 13.3 Å². The molecular weight excluding hydrogens is 206 g/mol. The summed E-state index contributed by atoms with van der Waals surface area (Å²) in [6.07, 6.45) is 1.69. The molecule has 0 N–H and O–H groups in total. The van der Waals surface area contributed by atoms with E-state index in [9.17, 15) is 4.79 Å². The van der Waals surface area contributed by atoms with E-state index in [1.165, 1.54) is 0 Å². The van der Waals surface area contributed by atoms with E-state index in [1.807, 2.05) is 37.3 Å². The fourth-order valence-corrected chi connectivity index (χ4v) is 2.39. The lowest BCUT2D eigenvalue weighted by atomic mass is 10.2. The number of carbonyl (C=O) groups is 1. The Bertz CT molecular complexity index is 462. The number of aromatic nitrogens is 1. The molecule has 0 saturated carbocycles. The van der Waals surface area contributed by atoms with Gasteiger partial charge in [0.2, 0.25) is 0 Å². The maximum Gasteiger partial charge on any atom is 0.169 e. The Balaban J connectivity index is 2.46. The minimum atomic E-state index is 0.585. The van der Waals surface area contributed by atoms with Gasteiger partial charge >= 0.3 is 0 Å². The standard InChI is InChI=1S/C12H11NOS/c1-2-11-10(8-14)13-12(15-11)9-6-4-3-5-7-9/h3-8H,2H2,1H3. The van der Waals surface area contributed by atoms with Crippen molar-refractivity contribution in [1.29, 1.82) is 0 Å². The quantitative estimate of drug-likeness (QED) is 0.739. The van der Waals surface area contributed by atoms with Crippen LogP contribution in [0.15, 0.2) is 30.3 Å². The van der Waals surface area contributed by atoms with Crippen LogP contribution in [0.5, 0.6) is 0 Å². The van der Waals surface area contributed by atoms with E-state index in [1.54, 1.807) is 11.3 Å². The molecule has 0 radical (unpaired) electrons. The third kappa shape index (κ3) is 1.97. The monoisotopic (exact) mass is 217 g/mol. The van der Waals surface area contributed by atoms with Crippen LogP contribution >= 0.6 is 11.3 Å². The summed E-state index contributed by atoms with van der Waals surface area (Å²) in [6, 6.07) is 9.93. The lowest BCUT2D eigenvalue weighted by Gasteiger charge is -1.92. The minimum absolute atomic E-state index is 0.585. The number of carbonyl (C=O) groups excluding carboxylic acids is 1. The average Bonchev–Trinajstić information content (AvgIpc) is 2.73. The van der Waals surface area contributed by atoms with Crippen LogP contribution in [-0.4, -0.2) is 11.3 Å². The highest BCUT2D eigenvalue weighted by Crippen LogP contribution is 2.27. The van der Waals surface area contributed by atoms with Gasteiger partial charge in [-0.2, -0.15) is 0 Å². The molecule has 0 fully saturated rings. The molecule has 0 atom stereocenters. The van der Waals surface area contributed by atoms with Crippen LogP contribution in [0.1, 0.15) is 22.3 Å². The molecule has 0 aliphatic carbocycles. The molecule has 0 spiro atoms. The summed E-state index contributed by atoms with van der Waals surface area (Å²) in [4.78, 5) is 16.2. The van der Waals surface area contributed by atoms with E-state index in [-0.39, 0.29) is 0 Å². The van der Waals surface area contributed by atoms with Gasteiger partial charge in [0.25, 0.3) is 0 Å². The number of thiazole rings is 1. The zero-order valence-electron chi connectivity index (χ0n) is 8.43. The van der Waals surface area contributed by atoms with Gasteiger partial charge in [-0.1, -0.05) is 37.3 Å². The molecule has 0 aliphatic heterocycles. The summed E-state index contributed by atoms with van der Waals surface area (Å²) in [5, 5.41) is 0.926. The Morgan fingerprint density at radius 2 is 2.07 bits per heavy atom. The van der Waals surface area contributed by atoms with Gasteiger partial charge < -0.3 is 0 Å².